The Morgan fingerprint density at radius 3 is 1.51 bits per heavy atom. The molecule has 0 radical (unpaired) electrons. The number of hydrogen-bond donors (Lipinski definition) is 0. The van der Waals surface area contributed by atoms with Gasteiger partial charge in [0, 0.05) is 27.3 Å². The highest BCUT2D eigenvalue weighted by Crippen LogP contribution is 2.36. The summed E-state index contributed by atoms with van der Waals surface area (Å²) in [5.41, 5.74) is 3.80. The molecule has 0 fully saturated rings. The van der Waals surface area contributed by atoms with E-state index in [1.165, 1.54) is 0 Å². The van der Waals surface area contributed by atoms with E-state index in [9.17, 15) is 9.59 Å². The van der Waals surface area contributed by atoms with E-state index in [4.69, 9.17) is 32.7 Å². The van der Waals surface area contributed by atoms with E-state index in [0.717, 1.165) is 46.9 Å². The molecule has 0 amide bonds. The van der Waals surface area contributed by atoms with Crippen LogP contribution in [0.5, 0.6) is 17.2 Å². The van der Waals surface area contributed by atoms with Crippen LogP contribution in [0.15, 0.2) is 133 Å². The molecule has 258 valence electrons. The summed E-state index contributed by atoms with van der Waals surface area (Å²) in [5, 5.41) is 2.61. The number of alkyl halides is 1. The maximum atomic E-state index is 13.2. The first-order chi connectivity index (χ1) is 24.5. The van der Waals surface area contributed by atoms with Crippen LogP contribution >= 0.6 is 23.2 Å². The predicted octanol–water partition coefficient (Wildman–Crippen LogP) is 12.7. The van der Waals surface area contributed by atoms with Crippen molar-refractivity contribution < 1.29 is 19.1 Å². The Morgan fingerprint density at radius 1 is 0.569 bits per heavy atom. The highest BCUT2D eigenvalue weighted by molar-refractivity contribution is 6.30. The lowest BCUT2D eigenvalue weighted by atomic mass is 9.91. The predicted molar refractivity (Wildman–Crippen MR) is 208 cm³/mol. The molecule has 2 unspecified atom stereocenters. The molecule has 0 aliphatic carbocycles. The van der Waals surface area contributed by atoms with Gasteiger partial charge in [-0.05, 0) is 121 Å². The van der Waals surface area contributed by atoms with Crippen molar-refractivity contribution in [2.45, 2.75) is 57.4 Å². The molecule has 0 aromatic heterocycles. The van der Waals surface area contributed by atoms with Gasteiger partial charge < -0.3 is 9.47 Å². The minimum atomic E-state index is -0.601. The number of rotatable bonds is 13. The van der Waals surface area contributed by atoms with Crippen LogP contribution in [-0.4, -0.2) is 11.6 Å². The van der Waals surface area contributed by atoms with Crippen molar-refractivity contribution >= 4 is 45.5 Å². The molecule has 0 N–H and O–H groups in total. The molecule has 0 saturated heterocycles. The molecule has 6 aromatic rings. The van der Waals surface area contributed by atoms with E-state index < -0.39 is 10.5 Å². The lowest BCUT2D eigenvalue weighted by Crippen LogP contribution is -2.28. The minimum Gasteiger partial charge on any atom is -0.483 e. The summed E-state index contributed by atoms with van der Waals surface area (Å²) in [4.78, 5) is 25.7. The summed E-state index contributed by atoms with van der Waals surface area (Å²) in [5.74, 6) is 1.97. The van der Waals surface area contributed by atoms with Gasteiger partial charge in [-0.25, -0.2) is 0 Å². The molecule has 6 heteroatoms. The van der Waals surface area contributed by atoms with E-state index in [2.05, 4.69) is 20.8 Å². The van der Waals surface area contributed by atoms with Crippen molar-refractivity contribution in [1.29, 1.82) is 0 Å². The van der Waals surface area contributed by atoms with Gasteiger partial charge in [-0.2, -0.15) is 0 Å². The van der Waals surface area contributed by atoms with E-state index >= 15 is 0 Å². The van der Waals surface area contributed by atoms with Crippen molar-refractivity contribution in [3.8, 4) is 17.2 Å². The molecule has 2 atom stereocenters. The maximum absolute atomic E-state index is 13.2. The Bertz CT molecular complexity index is 2150. The summed E-state index contributed by atoms with van der Waals surface area (Å²) < 4.78 is 12.8. The second kappa shape index (κ2) is 15.1. The Labute approximate surface area is 310 Å². The van der Waals surface area contributed by atoms with Crippen LogP contribution in [0.25, 0.3) is 10.8 Å². The van der Waals surface area contributed by atoms with Crippen molar-refractivity contribution in [3.63, 3.8) is 0 Å². The Balaban J connectivity index is 1.11. The lowest BCUT2D eigenvalue weighted by molar-refractivity contribution is 0.0826. The first kappa shape index (κ1) is 35.9. The average Bonchev–Trinajstić information content (AvgIpc) is 3.15. The van der Waals surface area contributed by atoms with Crippen molar-refractivity contribution in [1.82, 2.24) is 0 Å². The number of carbonyl (C=O) groups is 2. The highest BCUT2D eigenvalue weighted by Gasteiger charge is 2.27. The summed E-state index contributed by atoms with van der Waals surface area (Å²) in [6.07, 6.45) is 2.58. The molecule has 4 nitrogen and oxygen atoms in total. The van der Waals surface area contributed by atoms with Gasteiger partial charge in [0.1, 0.15) is 22.8 Å². The number of benzene rings is 6. The van der Waals surface area contributed by atoms with Crippen molar-refractivity contribution in [3.05, 3.63) is 172 Å². The number of carbonyl (C=O) groups excluding carboxylic acids is 2. The third-order valence-corrected chi connectivity index (χ3v) is 10.1. The van der Waals surface area contributed by atoms with Gasteiger partial charge in [-0.15, -0.1) is 11.6 Å². The molecule has 51 heavy (non-hydrogen) atoms. The molecule has 0 spiro atoms. The number of ketones is 2. The van der Waals surface area contributed by atoms with Crippen LogP contribution in [-0.2, 0) is 10.5 Å². The Kier molecular flexibility index (Phi) is 10.7. The van der Waals surface area contributed by atoms with Crippen LogP contribution in [0.1, 0.15) is 89.9 Å². The topological polar surface area (TPSA) is 52.6 Å². The molecular weight excluding hydrogens is 675 g/mol. The zero-order valence-electron chi connectivity index (χ0n) is 29.2. The smallest absolute Gasteiger partial charge is 0.193 e. The van der Waals surface area contributed by atoms with Crippen LogP contribution in [0.4, 0.5) is 0 Å². The van der Waals surface area contributed by atoms with Crippen LogP contribution in [0, 0.1) is 0 Å². The third-order valence-electron chi connectivity index (χ3n) is 9.49. The normalized spacial score (nSPS) is 13.6. The second-order valence-electron chi connectivity index (χ2n) is 13.3. The van der Waals surface area contributed by atoms with E-state index in [1.807, 2.05) is 104 Å². The summed E-state index contributed by atoms with van der Waals surface area (Å²) in [6.45, 7) is 8.26. The summed E-state index contributed by atoms with van der Waals surface area (Å²) in [6, 6.07) is 41.2. The fraction of sp³-hybridized carbons (Fsp3) is 0.200. The molecule has 0 bridgehead atoms. The second-order valence-corrected chi connectivity index (χ2v) is 14.5. The SMILES string of the molecule is CCCC(C)(Cl)c1ccc(C(=O)c2ccc(Oc3ccc4cc(OC(C)(CC)c5ccc(C(=O)c6ccc(Cl)cc6)cc5)ccc4c3)cc2)cc1. The monoisotopic (exact) mass is 714 g/mol. The lowest BCUT2D eigenvalue weighted by Gasteiger charge is -2.30. The maximum Gasteiger partial charge on any atom is 0.193 e. The van der Waals surface area contributed by atoms with Gasteiger partial charge >= 0.3 is 0 Å². The summed E-state index contributed by atoms with van der Waals surface area (Å²) >= 11 is 12.7. The molecular formula is C45H40Cl2O4. The minimum absolute atomic E-state index is 0.0518. The number of halogens is 2. The van der Waals surface area contributed by atoms with Crippen molar-refractivity contribution in [2.24, 2.45) is 0 Å². The van der Waals surface area contributed by atoms with E-state index in [1.54, 1.807) is 36.4 Å². The van der Waals surface area contributed by atoms with Crippen LogP contribution in [0.3, 0.4) is 0 Å². The highest BCUT2D eigenvalue weighted by atomic mass is 35.5. The van der Waals surface area contributed by atoms with Crippen molar-refractivity contribution in [2.75, 3.05) is 0 Å². The number of fused-ring (bicyclic) bond motifs is 1. The first-order valence-electron chi connectivity index (χ1n) is 17.2. The quantitative estimate of drug-likeness (QED) is 0.0882. The van der Waals surface area contributed by atoms with Gasteiger partial charge in [0.25, 0.3) is 0 Å². The molecule has 0 heterocycles. The molecule has 0 saturated carbocycles. The van der Waals surface area contributed by atoms with Gasteiger partial charge in [0.2, 0.25) is 0 Å². The molecule has 0 aliphatic rings. The van der Waals surface area contributed by atoms with Crippen LogP contribution < -0.4 is 9.47 Å². The zero-order valence-corrected chi connectivity index (χ0v) is 30.7. The first-order valence-corrected chi connectivity index (χ1v) is 18.0. The largest absolute Gasteiger partial charge is 0.483 e. The Hall–Kier alpha value is -4.90. The number of ether oxygens (including phenoxy) is 2. The van der Waals surface area contributed by atoms with E-state index in [-0.39, 0.29) is 11.6 Å². The fourth-order valence-corrected chi connectivity index (χ4v) is 6.67. The van der Waals surface area contributed by atoms with Gasteiger partial charge in [0.05, 0.1) is 4.87 Å². The Morgan fingerprint density at radius 2 is 1.00 bits per heavy atom. The molecule has 6 rings (SSSR count). The van der Waals surface area contributed by atoms with Gasteiger partial charge in [-0.1, -0.05) is 92.5 Å². The third kappa shape index (κ3) is 8.20. The van der Waals surface area contributed by atoms with Gasteiger partial charge in [0.15, 0.2) is 11.6 Å². The average molecular weight is 716 g/mol. The fourth-order valence-electron chi connectivity index (χ4n) is 6.23. The molecule has 6 aromatic carbocycles. The van der Waals surface area contributed by atoms with E-state index in [0.29, 0.717) is 38.8 Å². The number of hydrogen-bond acceptors (Lipinski definition) is 4. The standard InChI is InChI=1S/C45H40Cl2O4/c1-5-27-44(3,47)36-17-7-30(8-18-36)43(49)33-13-23-39(24-14-33)50-40-25-15-35-29-41(26-16-34(35)28-40)51-45(4,6-2)37-19-9-31(10-20-37)42(48)32-11-21-38(46)22-12-32/h7-26,28-29H,5-6,27H2,1-4H3. The van der Waals surface area contributed by atoms with Crippen LogP contribution in [0.2, 0.25) is 5.02 Å². The zero-order chi connectivity index (χ0) is 36.2. The van der Waals surface area contributed by atoms with Gasteiger partial charge in [-0.3, -0.25) is 9.59 Å². The summed E-state index contributed by atoms with van der Waals surface area (Å²) in [7, 11) is 0. The molecule has 0 aliphatic heterocycles.